The molecule has 0 fully saturated rings. The average molecular weight is 209 g/mol. The highest BCUT2D eigenvalue weighted by Gasteiger charge is 2.08. The van der Waals surface area contributed by atoms with Crippen molar-refractivity contribution in [3.05, 3.63) is 34.4 Å². The summed E-state index contributed by atoms with van der Waals surface area (Å²) in [5, 5.41) is 11.7. The molecule has 2 nitrogen and oxygen atoms in total. The van der Waals surface area contributed by atoms with Crippen molar-refractivity contribution < 1.29 is 9.50 Å². The molecule has 0 saturated heterocycles. The van der Waals surface area contributed by atoms with Crippen molar-refractivity contribution in [3.63, 3.8) is 0 Å². The van der Waals surface area contributed by atoms with Gasteiger partial charge in [-0.2, -0.15) is 0 Å². The number of phenols is 1. The van der Waals surface area contributed by atoms with E-state index in [0.29, 0.717) is 11.3 Å². The van der Waals surface area contributed by atoms with Crippen LogP contribution in [0.3, 0.4) is 0 Å². The molecule has 1 N–H and O–H groups in total. The van der Waals surface area contributed by atoms with E-state index in [2.05, 4.69) is 4.98 Å². The lowest BCUT2D eigenvalue weighted by Crippen LogP contribution is -1.84. The maximum atomic E-state index is 13.4. The topological polar surface area (TPSA) is 33.1 Å². The summed E-state index contributed by atoms with van der Waals surface area (Å²) < 4.78 is 13.4. The van der Waals surface area contributed by atoms with Crippen LogP contribution in [0.1, 0.15) is 5.01 Å². The number of phenolic OH excluding ortho intramolecular Hbond substituents is 1. The van der Waals surface area contributed by atoms with Gasteiger partial charge < -0.3 is 5.11 Å². The molecule has 1 aromatic carbocycles. The highest BCUT2D eigenvalue weighted by molar-refractivity contribution is 7.09. The Morgan fingerprint density at radius 1 is 1.43 bits per heavy atom. The second kappa shape index (κ2) is 3.38. The van der Waals surface area contributed by atoms with Crippen molar-refractivity contribution in [1.29, 1.82) is 0 Å². The van der Waals surface area contributed by atoms with Crippen molar-refractivity contribution in [2.75, 3.05) is 0 Å². The van der Waals surface area contributed by atoms with Crippen molar-refractivity contribution in [2.45, 2.75) is 6.92 Å². The van der Waals surface area contributed by atoms with Crippen molar-refractivity contribution >= 4 is 11.3 Å². The van der Waals surface area contributed by atoms with E-state index in [4.69, 9.17) is 5.11 Å². The number of thiazole rings is 1. The van der Waals surface area contributed by atoms with Gasteiger partial charge in [-0.3, -0.25) is 0 Å². The fourth-order valence-electron chi connectivity index (χ4n) is 1.20. The van der Waals surface area contributed by atoms with Crippen molar-refractivity contribution in [1.82, 2.24) is 4.98 Å². The molecule has 1 heterocycles. The van der Waals surface area contributed by atoms with Gasteiger partial charge in [0.15, 0.2) is 0 Å². The molecule has 72 valence electrons. The molecular weight excluding hydrogens is 201 g/mol. The van der Waals surface area contributed by atoms with E-state index in [0.717, 1.165) is 11.1 Å². The second-order valence-corrected chi connectivity index (χ2v) is 3.98. The third-order valence-corrected chi connectivity index (χ3v) is 2.62. The van der Waals surface area contributed by atoms with Crippen LogP contribution in [0.15, 0.2) is 23.6 Å². The van der Waals surface area contributed by atoms with E-state index in [1.807, 2.05) is 6.92 Å². The molecule has 4 heteroatoms. The van der Waals surface area contributed by atoms with Crippen LogP contribution >= 0.6 is 11.3 Å². The lowest BCUT2D eigenvalue weighted by Gasteiger charge is -1.99. The normalized spacial score (nSPS) is 10.4. The molecule has 0 bridgehead atoms. The predicted molar refractivity (Wildman–Crippen MR) is 53.9 cm³/mol. The van der Waals surface area contributed by atoms with Gasteiger partial charge in [-0.25, -0.2) is 9.37 Å². The molecule has 0 aliphatic heterocycles. The predicted octanol–water partition coefficient (Wildman–Crippen LogP) is 2.96. The quantitative estimate of drug-likeness (QED) is 0.783. The van der Waals surface area contributed by atoms with E-state index in [-0.39, 0.29) is 5.75 Å². The highest BCUT2D eigenvalue weighted by Crippen LogP contribution is 2.26. The fraction of sp³-hybridized carbons (Fsp3) is 0.100. The van der Waals surface area contributed by atoms with E-state index < -0.39 is 5.82 Å². The third-order valence-electron chi connectivity index (χ3n) is 1.85. The minimum Gasteiger partial charge on any atom is -0.508 e. The fourth-order valence-corrected chi connectivity index (χ4v) is 1.81. The standard InChI is InChI=1S/C10H8FNOS/c1-6-12-10(5-14-6)8-3-2-7(13)4-9(8)11/h2-5,13H,1H3. The third kappa shape index (κ3) is 1.61. The van der Waals surface area contributed by atoms with Crippen LogP contribution in [0.2, 0.25) is 0 Å². The first kappa shape index (κ1) is 9.15. The summed E-state index contributed by atoms with van der Waals surface area (Å²) in [6, 6.07) is 4.07. The van der Waals surface area contributed by atoms with Crippen LogP contribution in [0.5, 0.6) is 5.75 Å². The van der Waals surface area contributed by atoms with Crippen LogP contribution in [0.4, 0.5) is 4.39 Å². The first-order chi connectivity index (χ1) is 6.66. The van der Waals surface area contributed by atoms with Crippen molar-refractivity contribution in [2.24, 2.45) is 0 Å². The molecule has 1 aromatic heterocycles. The monoisotopic (exact) mass is 209 g/mol. The molecule has 0 aliphatic rings. The summed E-state index contributed by atoms with van der Waals surface area (Å²) in [7, 11) is 0. The van der Waals surface area contributed by atoms with Crippen molar-refractivity contribution in [3.8, 4) is 17.0 Å². The summed E-state index contributed by atoms with van der Waals surface area (Å²) in [4.78, 5) is 4.17. The van der Waals surface area contributed by atoms with E-state index in [1.165, 1.54) is 23.5 Å². The maximum Gasteiger partial charge on any atom is 0.136 e. The molecule has 0 radical (unpaired) electrons. The van der Waals surface area contributed by atoms with Gasteiger partial charge in [0.25, 0.3) is 0 Å². The number of nitrogens with zero attached hydrogens (tertiary/aromatic N) is 1. The van der Waals surface area contributed by atoms with Crippen LogP contribution in [0, 0.1) is 12.7 Å². The number of rotatable bonds is 1. The van der Waals surface area contributed by atoms with Crippen LogP contribution < -0.4 is 0 Å². The zero-order valence-electron chi connectivity index (χ0n) is 7.49. The summed E-state index contributed by atoms with van der Waals surface area (Å²) >= 11 is 1.47. The van der Waals surface area contributed by atoms with Crippen LogP contribution in [0.25, 0.3) is 11.3 Å². The molecule has 2 aromatic rings. The van der Waals surface area contributed by atoms with E-state index >= 15 is 0 Å². The number of halogens is 1. The van der Waals surface area contributed by atoms with Gasteiger partial charge in [0.2, 0.25) is 0 Å². The largest absolute Gasteiger partial charge is 0.508 e. The molecule has 0 atom stereocenters. The Morgan fingerprint density at radius 3 is 2.79 bits per heavy atom. The lowest BCUT2D eigenvalue weighted by molar-refractivity contribution is 0.469. The Bertz CT molecular complexity index is 467. The van der Waals surface area contributed by atoms with Gasteiger partial charge >= 0.3 is 0 Å². The summed E-state index contributed by atoms with van der Waals surface area (Å²) in [6.07, 6.45) is 0. The number of aromatic hydroxyl groups is 1. The summed E-state index contributed by atoms with van der Waals surface area (Å²) in [5.41, 5.74) is 1.04. The molecule has 14 heavy (non-hydrogen) atoms. The molecule has 0 aliphatic carbocycles. The molecule has 0 spiro atoms. The number of aryl methyl sites for hydroxylation is 1. The Hall–Kier alpha value is -1.42. The highest BCUT2D eigenvalue weighted by atomic mass is 32.1. The maximum absolute atomic E-state index is 13.4. The molecular formula is C10H8FNOS. The number of benzene rings is 1. The first-order valence-electron chi connectivity index (χ1n) is 4.08. The zero-order chi connectivity index (χ0) is 10.1. The SMILES string of the molecule is Cc1nc(-c2ccc(O)cc2F)cs1. The smallest absolute Gasteiger partial charge is 0.136 e. The van der Waals surface area contributed by atoms with Gasteiger partial charge in [-0.1, -0.05) is 0 Å². The Kier molecular flexibility index (Phi) is 2.21. The average Bonchev–Trinajstić information content (AvgIpc) is 2.51. The molecule has 0 amide bonds. The lowest BCUT2D eigenvalue weighted by atomic mass is 10.1. The molecule has 0 unspecified atom stereocenters. The number of hydrogen-bond donors (Lipinski definition) is 1. The minimum absolute atomic E-state index is 0.0711. The number of aromatic nitrogens is 1. The van der Waals surface area contributed by atoms with Crippen LogP contribution in [-0.4, -0.2) is 10.1 Å². The van der Waals surface area contributed by atoms with E-state index in [9.17, 15) is 4.39 Å². The summed E-state index contributed by atoms with van der Waals surface area (Å²) in [5.74, 6) is -0.520. The second-order valence-electron chi connectivity index (χ2n) is 2.92. The van der Waals surface area contributed by atoms with Gasteiger partial charge in [0.05, 0.1) is 10.7 Å². The van der Waals surface area contributed by atoms with Gasteiger partial charge in [-0.05, 0) is 19.1 Å². The zero-order valence-corrected chi connectivity index (χ0v) is 8.31. The first-order valence-corrected chi connectivity index (χ1v) is 4.96. The molecule has 2 rings (SSSR count). The number of hydrogen-bond acceptors (Lipinski definition) is 3. The summed E-state index contributed by atoms with van der Waals surface area (Å²) in [6.45, 7) is 1.87. The van der Waals surface area contributed by atoms with Gasteiger partial charge in [0, 0.05) is 17.0 Å². The Labute approximate surface area is 84.7 Å². The molecule has 0 saturated carbocycles. The minimum atomic E-state index is -0.449. The Balaban J connectivity index is 2.52. The van der Waals surface area contributed by atoms with E-state index in [1.54, 1.807) is 5.38 Å². The van der Waals surface area contributed by atoms with Crippen LogP contribution in [-0.2, 0) is 0 Å². The van der Waals surface area contributed by atoms with Gasteiger partial charge in [-0.15, -0.1) is 11.3 Å². The van der Waals surface area contributed by atoms with Gasteiger partial charge in [0.1, 0.15) is 11.6 Å². The Morgan fingerprint density at radius 2 is 2.21 bits per heavy atom.